The molecule has 0 spiro atoms. The highest BCUT2D eigenvalue weighted by Gasteiger charge is 2.41. The van der Waals surface area contributed by atoms with Crippen LogP contribution in [0, 0.1) is 17.3 Å². The number of urea groups is 1. The average Bonchev–Trinajstić information content (AvgIpc) is 3.83. The number of fused-ring (bicyclic) bond motifs is 6. The summed E-state index contributed by atoms with van der Waals surface area (Å²) < 4.78 is 19.6. The molecule has 5 heterocycles. The second-order valence-corrected chi connectivity index (χ2v) is 19.1. The van der Waals surface area contributed by atoms with Crippen LogP contribution in [-0.2, 0) is 48.0 Å². The van der Waals surface area contributed by atoms with Crippen molar-refractivity contribution in [1.29, 1.82) is 0 Å². The van der Waals surface area contributed by atoms with Crippen molar-refractivity contribution in [2.75, 3.05) is 47.5 Å². The highest BCUT2D eigenvalue weighted by molar-refractivity contribution is 7.10. The normalized spacial score (nSPS) is 22.3. The fraction of sp³-hybridized carbons (Fsp3) is 0.574. The number of aryl methyl sites for hydroxylation is 1. The van der Waals surface area contributed by atoms with Crippen molar-refractivity contribution in [1.82, 2.24) is 35.1 Å². The van der Waals surface area contributed by atoms with Gasteiger partial charge in [-0.2, -0.15) is 0 Å². The summed E-state index contributed by atoms with van der Waals surface area (Å²) in [5.74, 6) is -1.73. The van der Waals surface area contributed by atoms with Gasteiger partial charge < -0.3 is 33.9 Å². The fourth-order valence-corrected chi connectivity index (χ4v) is 9.79. The lowest BCUT2D eigenvalue weighted by Gasteiger charge is -2.42. The molecule has 5 atom stereocenters. The van der Waals surface area contributed by atoms with Crippen LogP contribution in [0.4, 0.5) is 4.79 Å². The Morgan fingerprint density at radius 2 is 1.94 bits per heavy atom. The molecule has 0 radical (unpaired) electrons. The first kappa shape index (κ1) is 47.6. The molecule has 15 nitrogen and oxygen atoms in total. The van der Waals surface area contributed by atoms with Crippen LogP contribution in [0.25, 0.3) is 27.7 Å². The van der Waals surface area contributed by atoms with Crippen molar-refractivity contribution in [3.05, 3.63) is 58.2 Å². The summed E-state index contributed by atoms with van der Waals surface area (Å²) in [6.45, 7) is 22.1. The highest BCUT2D eigenvalue weighted by Crippen LogP contribution is 2.40. The maximum absolute atomic E-state index is 14.6. The SMILES string of the molecule is C=C/C(=C(\N=CC)[C@H](C)OC)c1c2c3cc(ccc3n1CC)-c1csc(n1)C[C@H](NC(=O)[C@H](C(C)C)N(C)C(=O)N1CC(OC)C1)C(=O)N1CC[C@H](C)[C@H](N1)C(=O)OCC(C)(C)C2. The van der Waals surface area contributed by atoms with Crippen LogP contribution in [-0.4, -0.2) is 132 Å². The third-order valence-electron chi connectivity index (χ3n) is 12.6. The van der Waals surface area contributed by atoms with Crippen molar-refractivity contribution in [2.24, 2.45) is 22.2 Å². The second kappa shape index (κ2) is 19.9. The van der Waals surface area contributed by atoms with E-state index in [0.29, 0.717) is 44.0 Å². The monoisotopic (exact) mass is 886 g/mol. The van der Waals surface area contributed by atoms with Gasteiger partial charge in [-0.25, -0.2) is 15.2 Å². The number of allylic oxidation sites excluding steroid dienone is 2. The van der Waals surface area contributed by atoms with Crippen molar-refractivity contribution >= 4 is 57.8 Å². The lowest BCUT2D eigenvalue weighted by atomic mass is 9.84. The van der Waals surface area contributed by atoms with Gasteiger partial charge in [0.15, 0.2) is 0 Å². The van der Waals surface area contributed by atoms with Crippen molar-refractivity contribution in [2.45, 2.75) is 112 Å². The summed E-state index contributed by atoms with van der Waals surface area (Å²) in [7, 11) is 4.89. The quantitative estimate of drug-likeness (QED) is 0.132. The van der Waals surface area contributed by atoms with Gasteiger partial charge in [0, 0.05) is 79.8 Å². The predicted octanol–water partition coefficient (Wildman–Crippen LogP) is 6.11. The largest absolute Gasteiger partial charge is 0.464 e. The van der Waals surface area contributed by atoms with Crippen LogP contribution in [0.1, 0.15) is 78.1 Å². The van der Waals surface area contributed by atoms with Gasteiger partial charge >= 0.3 is 12.0 Å². The molecule has 6 rings (SSSR count). The number of amides is 4. The number of methoxy groups -OCH3 is 2. The van der Waals surface area contributed by atoms with E-state index in [1.807, 2.05) is 46.1 Å². The van der Waals surface area contributed by atoms with E-state index in [1.54, 1.807) is 32.4 Å². The summed E-state index contributed by atoms with van der Waals surface area (Å²) in [4.78, 5) is 69.5. The zero-order valence-electron chi connectivity index (χ0n) is 38.8. The number of cyclic esters (lactones) is 1. The van der Waals surface area contributed by atoms with Crippen molar-refractivity contribution in [3.8, 4) is 11.3 Å². The van der Waals surface area contributed by atoms with E-state index < -0.39 is 41.3 Å². The summed E-state index contributed by atoms with van der Waals surface area (Å²) in [6, 6.07) is 3.31. The number of likely N-dealkylation sites (tertiary alicyclic amines) is 1. The molecule has 16 heteroatoms. The Bertz CT molecular complexity index is 2260. The number of hydrogen-bond acceptors (Lipinski definition) is 11. The molecule has 4 amide bonds. The number of carbonyl (C=O) groups is 4. The molecule has 0 unspecified atom stereocenters. The first-order valence-corrected chi connectivity index (χ1v) is 22.9. The van der Waals surface area contributed by atoms with E-state index in [2.05, 4.69) is 60.9 Å². The molecule has 0 aliphatic carbocycles. The predicted molar refractivity (Wildman–Crippen MR) is 247 cm³/mol. The van der Waals surface area contributed by atoms with Crippen LogP contribution < -0.4 is 10.7 Å². The topological polar surface area (TPSA) is 160 Å². The van der Waals surface area contributed by atoms with Gasteiger partial charge in [0.25, 0.3) is 5.91 Å². The van der Waals surface area contributed by atoms with Crippen LogP contribution in [0.3, 0.4) is 0 Å². The number of thiazole rings is 1. The Balaban J connectivity index is 1.45. The molecular weight excluding hydrogens is 821 g/mol. The summed E-state index contributed by atoms with van der Waals surface area (Å²) in [6.07, 6.45) is 4.43. The Morgan fingerprint density at radius 1 is 1.21 bits per heavy atom. The van der Waals surface area contributed by atoms with E-state index in [4.69, 9.17) is 24.2 Å². The number of hydrogen-bond donors (Lipinski definition) is 2. The number of rotatable bonds is 11. The molecule has 1 aromatic carbocycles. The molecule has 3 aliphatic heterocycles. The van der Waals surface area contributed by atoms with Crippen LogP contribution in [0.5, 0.6) is 0 Å². The standard InChI is InChI=1S/C47H66N8O7S/c1-13-32(40(48-14-2)29(7)60-11)42-34-22-47(8,9)26-62-45(58)39-28(6)18-19-55(51-39)44(57)35(50-43(56)41(27(4)5)52(10)46(59)53-23-31(24-53)61-12)21-38-49-36(25-63-38)30-16-17-37(33(34)20-30)54(42)15-3/h13-14,16-17,20,25,27-29,31,35,39,41,51H,1,15,18-19,21-24,26H2,2-12H3,(H,50,56)/b40-32+,48-14?/t28-,29-,35-,39-,41-/m0/s1. The van der Waals surface area contributed by atoms with Crippen LogP contribution >= 0.6 is 11.3 Å². The molecule has 0 saturated carbocycles. The van der Waals surface area contributed by atoms with Gasteiger partial charge in [-0.3, -0.25) is 24.4 Å². The van der Waals surface area contributed by atoms with E-state index in [0.717, 1.165) is 44.7 Å². The van der Waals surface area contributed by atoms with Gasteiger partial charge in [-0.1, -0.05) is 53.3 Å². The number of carbonyl (C=O) groups excluding carboxylic acids is 4. The zero-order chi connectivity index (χ0) is 45.9. The third-order valence-corrected chi connectivity index (χ3v) is 13.5. The average molecular weight is 887 g/mol. The number of nitrogens with zero attached hydrogens (tertiary/aromatic N) is 6. The molecule has 2 aromatic heterocycles. The first-order chi connectivity index (χ1) is 30.0. The number of benzene rings is 1. The van der Waals surface area contributed by atoms with Gasteiger partial charge in [0.1, 0.15) is 18.1 Å². The minimum absolute atomic E-state index is 0.0425. The fourth-order valence-electron chi connectivity index (χ4n) is 8.94. The Labute approximate surface area is 375 Å². The van der Waals surface area contributed by atoms with E-state index >= 15 is 0 Å². The van der Waals surface area contributed by atoms with Gasteiger partial charge in [-0.05, 0) is 63.1 Å². The van der Waals surface area contributed by atoms with Crippen LogP contribution in [0.2, 0.25) is 0 Å². The number of esters is 1. The summed E-state index contributed by atoms with van der Waals surface area (Å²) in [5.41, 5.74) is 8.96. The third kappa shape index (κ3) is 9.93. The second-order valence-electron chi connectivity index (χ2n) is 18.1. The number of ether oxygens (including phenoxy) is 3. The zero-order valence-corrected chi connectivity index (χ0v) is 39.6. The highest BCUT2D eigenvalue weighted by atomic mass is 32.1. The molecule has 3 aromatic rings. The summed E-state index contributed by atoms with van der Waals surface area (Å²) in [5, 5.41) is 8.11. The molecule has 63 heavy (non-hydrogen) atoms. The number of aromatic nitrogens is 2. The van der Waals surface area contributed by atoms with Gasteiger partial charge in [-0.15, -0.1) is 11.3 Å². The lowest BCUT2D eigenvalue weighted by molar-refractivity contribution is -0.157. The minimum atomic E-state index is -1.06. The van der Waals surface area contributed by atoms with E-state index in [-0.39, 0.29) is 43.1 Å². The van der Waals surface area contributed by atoms with Crippen molar-refractivity contribution in [3.63, 3.8) is 0 Å². The smallest absolute Gasteiger partial charge is 0.325 e. The van der Waals surface area contributed by atoms with E-state index in [1.165, 1.54) is 21.2 Å². The maximum Gasteiger partial charge on any atom is 0.325 e. The molecule has 2 saturated heterocycles. The molecule has 342 valence electrons. The molecule has 3 aliphatic rings. The Morgan fingerprint density at radius 3 is 2.57 bits per heavy atom. The number of nitrogens with one attached hydrogen (secondary N) is 2. The number of aliphatic imine (C=N–C) groups is 1. The number of hydrazine groups is 1. The minimum Gasteiger partial charge on any atom is -0.464 e. The molecule has 6 bridgehead atoms. The lowest BCUT2D eigenvalue weighted by Crippen LogP contribution is -2.64. The van der Waals surface area contributed by atoms with Gasteiger partial charge in [0.05, 0.1) is 54.0 Å². The Kier molecular flexibility index (Phi) is 15.0. The maximum atomic E-state index is 14.6. The van der Waals surface area contributed by atoms with Crippen LogP contribution in [0.15, 0.2) is 46.9 Å². The number of likely N-dealkylation sites (N-methyl/N-ethyl adjacent to an activating group) is 1. The molecule has 2 fully saturated rings. The van der Waals surface area contributed by atoms with Gasteiger partial charge in [0.2, 0.25) is 5.91 Å². The van der Waals surface area contributed by atoms with E-state index in [9.17, 15) is 19.2 Å². The Hall–Kier alpha value is -4.90. The molecule has 2 N–H and O–H groups in total. The van der Waals surface area contributed by atoms with Crippen molar-refractivity contribution < 1.29 is 33.4 Å². The first-order valence-electron chi connectivity index (χ1n) is 22.0. The summed E-state index contributed by atoms with van der Waals surface area (Å²) >= 11 is 1.41. The molecular formula is C47H66N8O7S.